The molecule has 80 valence electrons. The van der Waals surface area contributed by atoms with Crippen molar-refractivity contribution >= 4 is 5.90 Å². The van der Waals surface area contributed by atoms with E-state index in [1.165, 1.54) is 0 Å². The molecule has 3 heteroatoms. The van der Waals surface area contributed by atoms with Gasteiger partial charge in [0.15, 0.2) is 0 Å². The van der Waals surface area contributed by atoms with E-state index < -0.39 is 0 Å². The Bertz CT molecular complexity index is 354. The van der Waals surface area contributed by atoms with Crippen LogP contribution in [0.5, 0.6) is 5.75 Å². The average molecular weight is 205 g/mol. The third kappa shape index (κ3) is 2.49. The molecule has 0 unspecified atom stereocenters. The maximum atomic E-state index is 5.55. The summed E-state index contributed by atoms with van der Waals surface area (Å²) in [7, 11) is 0. The molecule has 0 saturated carbocycles. The third-order valence-corrected chi connectivity index (χ3v) is 2.06. The van der Waals surface area contributed by atoms with Crippen LogP contribution in [0.25, 0.3) is 0 Å². The first kappa shape index (κ1) is 10.0. The lowest BCUT2D eigenvalue weighted by Crippen LogP contribution is -2.06. The fourth-order valence-corrected chi connectivity index (χ4v) is 1.46. The second kappa shape index (κ2) is 4.34. The molecule has 0 aliphatic carbocycles. The van der Waals surface area contributed by atoms with Gasteiger partial charge in [0.05, 0.1) is 12.6 Å². The first-order valence-corrected chi connectivity index (χ1v) is 5.20. The maximum absolute atomic E-state index is 5.55. The van der Waals surface area contributed by atoms with E-state index in [1.54, 1.807) is 0 Å². The first-order chi connectivity index (χ1) is 7.25. The smallest absolute Gasteiger partial charge is 0.216 e. The molecule has 1 heterocycles. The predicted molar refractivity (Wildman–Crippen MR) is 59.6 cm³/mol. The van der Waals surface area contributed by atoms with Crippen molar-refractivity contribution in [3.05, 3.63) is 29.8 Å². The fraction of sp³-hybridized carbons (Fsp3) is 0.417. The Kier molecular flexibility index (Phi) is 2.90. The van der Waals surface area contributed by atoms with E-state index >= 15 is 0 Å². The Morgan fingerprint density at radius 1 is 1.27 bits per heavy atom. The lowest BCUT2D eigenvalue weighted by atomic mass is 10.2. The van der Waals surface area contributed by atoms with Gasteiger partial charge in [-0.05, 0) is 38.1 Å². The van der Waals surface area contributed by atoms with Crippen LogP contribution in [0.4, 0.5) is 0 Å². The summed E-state index contributed by atoms with van der Waals surface area (Å²) in [5, 5.41) is 0. The lowest BCUT2D eigenvalue weighted by molar-refractivity contribution is 0.242. The molecule has 0 bridgehead atoms. The highest BCUT2D eigenvalue weighted by atomic mass is 16.5. The van der Waals surface area contributed by atoms with Crippen molar-refractivity contribution < 1.29 is 9.47 Å². The molecule has 0 saturated heterocycles. The van der Waals surface area contributed by atoms with Gasteiger partial charge < -0.3 is 9.47 Å². The van der Waals surface area contributed by atoms with Crippen molar-refractivity contribution in [3.63, 3.8) is 0 Å². The summed E-state index contributed by atoms with van der Waals surface area (Å²) in [6.45, 7) is 5.48. The van der Waals surface area contributed by atoms with Crippen molar-refractivity contribution in [1.82, 2.24) is 0 Å². The minimum atomic E-state index is 0.205. The summed E-state index contributed by atoms with van der Waals surface area (Å²) in [6.07, 6.45) is 0.205. The van der Waals surface area contributed by atoms with Gasteiger partial charge in [0.1, 0.15) is 12.4 Å². The van der Waals surface area contributed by atoms with E-state index in [2.05, 4.69) is 4.99 Å². The molecule has 1 aromatic rings. The third-order valence-electron chi connectivity index (χ3n) is 2.06. The Morgan fingerprint density at radius 2 is 2.00 bits per heavy atom. The standard InChI is InChI=1S/C12H15NO2/c1-9(2)15-11-5-3-10(4-6-11)12-13-7-8-14-12/h3-6,9H,7-8H2,1-2H3. The monoisotopic (exact) mass is 205 g/mol. The van der Waals surface area contributed by atoms with Crippen LogP contribution in [0.3, 0.4) is 0 Å². The molecule has 0 radical (unpaired) electrons. The number of ether oxygens (including phenoxy) is 2. The molecule has 0 N–H and O–H groups in total. The van der Waals surface area contributed by atoms with Crippen LogP contribution >= 0.6 is 0 Å². The quantitative estimate of drug-likeness (QED) is 0.757. The summed E-state index contributed by atoms with van der Waals surface area (Å²) in [4.78, 5) is 4.25. The molecule has 15 heavy (non-hydrogen) atoms. The van der Waals surface area contributed by atoms with Crippen molar-refractivity contribution in [2.75, 3.05) is 13.2 Å². The highest BCUT2D eigenvalue weighted by Crippen LogP contribution is 2.15. The largest absolute Gasteiger partial charge is 0.491 e. The lowest BCUT2D eigenvalue weighted by Gasteiger charge is -2.09. The Morgan fingerprint density at radius 3 is 2.53 bits per heavy atom. The molecule has 1 aliphatic rings. The van der Waals surface area contributed by atoms with Crippen molar-refractivity contribution in [2.24, 2.45) is 4.99 Å². The van der Waals surface area contributed by atoms with Crippen LogP contribution in [-0.2, 0) is 4.74 Å². The second-order valence-electron chi connectivity index (χ2n) is 3.73. The van der Waals surface area contributed by atoms with Gasteiger partial charge in [0.25, 0.3) is 0 Å². The molecule has 1 aliphatic heterocycles. The molecule has 2 rings (SSSR count). The van der Waals surface area contributed by atoms with Gasteiger partial charge in [-0.15, -0.1) is 0 Å². The van der Waals surface area contributed by atoms with Crippen molar-refractivity contribution in [1.29, 1.82) is 0 Å². The number of rotatable bonds is 3. The number of hydrogen-bond donors (Lipinski definition) is 0. The van der Waals surface area contributed by atoms with Crippen LogP contribution in [0.2, 0.25) is 0 Å². The zero-order chi connectivity index (χ0) is 10.7. The van der Waals surface area contributed by atoms with Gasteiger partial charge in [0.2, 0.25) is 5.90 Å². The van der Waals surface area contributed by atoms with E-state index in [9.17, 15) is 0 Å². The summed E-state index contributed by atoms with van der Waals surface area (Å²) in [5.74, 6) is 1.62. The van der Waals surface area contributed by atoms with Gasteiger partial charge in [-0.3, -0.25) is 0 Å². The van der Waals surface area contributed by atoms with Crippen LogP contribution in [0.15, 0.2) is 29.3 Å². The fourth-order valence-electron chi connectivity index (χ4n) is 1.46. The molecule has 0 amide bonds. The van der Waals surface area contributed by atoms with E-state index in [4.69, 9.17) is 9.47 Å². The van der Waals surface area contributed by atoms with E-state index in [0.29, 0.717) is 6.61 Å². The maximum Gasteiger partial charge on any atom is 0.216 e. The van der Waals surface area contributed by atoms with Crippen molar-refractivity contribution in [3.8, 4) is 5.75 Å². The summed E-state index contributed by atoms with van der Waals surface area (Å²) in [6, 6.07) is 7.84. The average Bonchev–Trinajstić information content (AvgIpc) is 2.71. The highest BCUT2D eigenvalue weighted by molar-refractivity contribution is 5.94. The zero-order valence-electron chi connectivity index (χ0n) is 9.06. The molecule has 0 aromatic heterocycles. The first-order valence-electron chi connectivity index (χ1n) is 5.20. The zero-order valence-corrected chi connectivity index (χ0v) is 9.06. The number of aliphatic imine (C=N–C) groups is 1. The SMILES string of the molecule is CC(C)Oc1ccc(C2=NCCO2)cc1. The van der Waals surface area contributed by atoms with Gasteiger partial charge in [-0.25, -0.2) is 4.99 Å². The molecular weight excluding hydrogens is 190 g/mol. The van der Waals surface area contributed by atoms with Crippen molar-refractivity contribution in [2.45, 2.75) is 20.0 Å². The summed E-state index contributed by atoms with van der Waals surface area (Å²) in [5.41, 5.74) is 1.02. The van der Waals surface area contributed by atoms with E-state index in [1.807, 2.05) is 38.1 Å². The Labute approximate surface area is 89.7 Å². The van der Waals surface area contributed by atoms with Gasteiger partial charge in [-0.1, -0.05) is 0 Å². The minimum absolute atomic E-state index is 0.205. The molecule has 0 spiro atoms. The van der Waals surface area contributed by atoms with Crippen LogP contribution in [-0.4, -0.2) is 25.2 Å². The number of nitrogens with zero attached hydrogens (tertiary/aromatic N) is 1. The second-order valence-corrected chi connectivity index (χ2v) is 3.73. The predicted octanol–water partition coefficient (Wildman–Crippen LogP) is 2.25. The highest BCUT2D eigenvalue weighted by Gasteiger charge is 2.09. The van der Waals surface area contributed by atoms with Crippen LogP contribution in [0, 0.1) is 0 Å². The normalized spacial score (nSPS) is 15.0. The Balaban J connectivity index is 2.10. The van der Waals surface area contributed by atoms with E-state index in [0.717, 1.165) is 23.8 Å². The van der Waals surface area contributed by atoms with Gasteiger partial charge >= 0.3 is 0 Å². The molecular formula is C12H15NO2. The molecule has 1 aromatic carbocycles. The summed E-state index contributed by atoms with van der Waals surface area (Å²) >= 11 is 0. The van der Waals surface area contributed by atoms with E-state index in [-0.39, 0.29) is 6.10 Å². The van der Waals surface area contributed by atoms with Crippen LogP contribution < -0.4 is 4.74 Å². The number of benzene rings is 1. The molecule has 0 fully saturated rings. The Hall–Kier alpha value is -1.51. The van der Waals surface area contributed by atoms with Gasteiger partial charge in [-0.2, -0.15) is 0 Å². The topological polar surface area (TPSA) is 30.8 Å². The molecule has 0 atom stereocenters. The van der Waals surface area contributed by atoms with Gasteiger partial charge in [0, 0.05) is 5.56 Å². The van der Waals surface area contributed by atoms with Crippen LogP contribution in [0.1, 0.15) is 19.4 Å². The number of hydrogen-bond acceptors (Lipinski definition) is 3. The minimum Gasteiger partial charge on any atom is -0.491 e. The summed E-state index contributed by atoms with van der Waals surface area (Å²) < 4.78 is 10.9. The molecule has 3 nitrogen and oxygen atoms in total.